The van der Waals surface area contributed by atoms with Gasteiger partial charge in [0, 0.05) is 24.3 Å². The van der Waals surface area contributed by atoms with Crippen LogP contribution in [0.5, 0.6) is 5.75 Å². The predicted octanol–water partition coefficient (Wildman–Crippen LogP) is 3.91. The second-order valence-corrected chi connectivity index (χ2v) is 7.66. The van der Waals surface area contributed by atoms with E-state index in [0.29, 0.717) is 28.8 Å². The third-order valence-electron chi connectivity index (χ3n) is 4.57. The molecule has 0 bridgehead atoms. The van der Waals surface area contributed by atoms with Gasteiger partial charge in [-0.2, -0.15) is 0 Å². The van der Waals surface area contributed by atoms with Gasteiger partial charge >= 0.3 is 0 Å². The molecular formula is C23H32NO4+. The zero-order valence-corrected chi connectivity index (χ0v) is 17.6. The minimum absolute atomic E-state index is 0.0183. The molecule has 2 rings (SSSR count). The van der Waals surface area contributed by atoms with Crippen LogP contribution >= 0.6 is 0 Å². The lowest BCUT2D eigenvalue weighted by molar-refractivity contribution is -0.909. The summed E-state index contributed by atoms with van der Waals surface area (Å²) in [6.45, 7) is 8.58. The number of phenolic OH excluding ortho intramolecular Hbond substituents is 1. The third-order valence-corrected chi connectivity index (χ3v) is 4.57. The van der Waals surface area contributed by atoms with Crippen LogP contribution in [0, 0.1) is 6.92 Å². The Morgan fingerprint density at radius 3 is 2.18 bits per heavy atom. The summed E-state index contributed by atoms with van der Waals surface area (Å²) in [6, 6.07) is 12.7. The van der Waals surface area contributed by atoms with E-state index in [1.54, 1.807) is 12.1 Å². The fraction of sp³-hybridized carbons (Fsp3) is 0.435. The van der Waals surface area contributed by atoms with Crippen molar-refractivity contribution in [3.05, 3.63) is 64.7 Å². The minimum atomic E-state index is -0.227. The lowest BCUT2D eigenvalue weighted by Gasteiger charge is -2.33. The second-order valence-electron chi connectivity index (χ2n) is 7.66. The molecule has 0 aliphatic heterocycles. The predicted molar refractivity (Wildman–Crippen MR) is 110 cm³/mol. The number of aromatic hydroxyl groups is 1. The highest BCUT2D eigenvalue weighted by Gasteiger charge is 2.23. The molecule has 0 amide bonds. The number of carbonyl (C=O) groups is 1. The van der Waals surface area contributed by atoms with Crippen LogP contribution in [0.4, 0.5) is 0 Å². The van der Waals surface area contributed by atoms with Crippen molar-refractivity contribution in [1.29, 1.82) is 0 Å². The van der Waals surface area contributed by atoms with Gasteiger partial charge in [-0.05, 0) is 38.5 Å². The first kappa shape index (κ1) is 22.1. The standard InChI is InChI=1S/C23H31NO4/c1-6-27-22(28-7-2)16-24(4,5)15-18-9-11-19(12-10-18)23(26)20-13-8-17(3)14-21(20)25/h8-14,22H,6-7,15-16H2,1-5H3/p+1. The summed E-state index contributed by atoms with van der Waals surface area (Å²) in [6.07, 6.45) is -0.227. The highest BCUT2D eigenvalue weighted by Crippen LogP contribution is 2.22. The fourth-order valence-corrected chi connectivity index (χ4v) is 3.24. The zero-order valence-electron chi connectivity index (χ0n) is 17.6. The summed E-state index contributed by atoms with van der Waals surface area (Å²) in [7, 11) is 4.27. The molecule has 2 aromatic rings. The SMILES string of the molecule is CCOC(C[N+](C)(C)Cc1ccc(C(=O)c2ccc(C)cc2O)cc1)OCC. The number of quaternary nitrogens is 1. The molecule has 0 heterocycles. The van der Waals surface area contributed by atoms with Crippen LogP contribution in [0.25, 0.3) is 0 Å². The summed E-state index contributed by atoms with van der Waals surface area (Å²) in [5, 5.41) is 10.1. The van der Waals surface area contributed by atoms with E-state index in [4.69, 9.17) is 9.47 Å². The number of hydrogen-bond acceptors (Lipinski definition) is 4. The Morgan fingerprint density at radius 2 is 1.64 bits per heavy atom. The molecule has 5 heteroatoms. The van der Waals surface area contributed by atoms with Crippen molar-refractivity contribution < 1.29 is 23.9 Å². The summed E-state index contributed by atoms with van der Waals surface area (Å²) >= 11 is 0. The Balaban J connectivity index is 2.08. The Labute approximate surface area is 168 Å². The van der Waals surface area contributed by atoms with E-state index in [9.17, 15) is 9.90 Å². The van der Waals surface area contributed by atoms with E-state index in [0.717, 1.165) is 24.2 Å². The number of ether oxygens (including phenoxy) is 2. The number of ketones is 1. The molecule has 0 atom stereocenters. The molecule has 0 radical (unpaired) electrons. The van der Waals surface area contributed by atoms with Crippen LogP contribution in [0.1, 0.15) is 40.9 Å². The van der Waals surface area contributed by atoms with Crippen molar-refractivity contribution >= 4 is 5.78 Å². The molecule has 0 spiro atoms. The Kier molecular flexibility index (Phi) is 7.75. The van der Waals surface area contributed by atoms with Gasteiger partial charge in [0.2, 0.25) is 6.29 Å². The molecular weight excluding hydrogens is 354 g/mol. The molecule has 0 aromatic heterocycles. The highest BCUT2D eigenvalue weighted by molar-refractivity contribution is 6.10. The van der Waals surface area contributed by atoms with Crippen molar-refractivity contribution in [2.24, 2.45) is 0 Å². The molecule has 5 nitrogen and oxygen atoms in total. The molecule has 28 heavy (non-hydrogen) atoms. The maximum absolute atomic E-state index is 12.7. The smallest absolute Gasteiger partial charge is 0.207 e. The summed E-state index contributed by atoms with van der Waals surface area (Å²) < 4.78 is 12.0. The van der Waals surface area contributed by atoms with Crippen LogP contribution in [0.15, 0.2) is 42.5 Å². The van der Waals surface area contributed by atoms with Gasteiger partial charge in [0.05, 0.1) is 19.7 Å². The minimum Gasteiger partial charge on any atom is -0.507 e. The van der Waals surface area contributed by atoms with Crippen LogP contribution in [0.2, 0.25) is 0 Å². The van der Waals surface area contributed by atoms with Crippen LogP contribution in [-0.2, 0) is 16.0 Å². The topological polar surface area (TPSA) is 55.8 Å². The zero-order chi connectivity index (χ0) is 20.7. The Hall–Kier alpha value is -2.21. The Bertz CT molecular complexity index is 778. The molecule has 0 aliphatic carbocycles. The van der Waals surface area contributed by atoms with Crippen molar-refractivity contribution in [2.75, 3.05) is 33.9 Å². The molecule has 0 aliphatic rings. The first-order chi connectivity index (χ1) is 13.3. The number of nitrogens with zero attached hydrogens (tertiary/aromatic N) is 1. The summed E-state index contributed by atoms with van der Waals surface area (Å²) in [5.74, 6) is -0.157. The maximum atomic E-state index is 12.7. The number of carbonyl (C=O) groups excluding carboxylic acids is 1. The number of aryl methyl sites for hydroxylation is 1. The van der Waals surface area contributed by atoms with Gasteiger partial charge in [-0.1, -0.05) is 30.3 Å². The molecule has 0 fully saturated rings. The monoisotopic (exact) mass is 386 g/mol. The quantitative estimate of drug-likeness (QED) is 0.382. The summed E-state index contributed by atoms with van der Waals surface area (Å²) in [4.78, 5) is 12.7. The lowest BCUT2D eigenvalue weighted by Crippen LogP contribution is -2.46. The van der Waals surface area contributed by atoms with Gasteiger partial charge in [-0.25, -0.2) is 0 Å². The van der Waals surface area contributed by atoms with Crippen molar-refractivity contribution in [1.82, 2.24) is 0 Å². The van der Waals surface area contributed by atoms with Gasteiger partial charge in [-0.15, -0.1) is 0 Å². The van der Waals surface area contributed by atoms with E-state index in [2.05, 4.69) is 14.1 Å². The second kappa shape index (κ2) is 9.82. The van der Waals surface area contributed by atoms with E-state index in [1.165, 1.54) is 0 Å². The fourth-order valence-electron chi connectivity index (χ4n) is 3.24. The van der Waals surface area contributed by atoms with Crippen LogP contribution < -0.4 is 0 Å². The van der Waals surface area contributed by atoms with Gasteiger partial charge in [0.15, 0.2) is 5.78 Å². The summed E-state index contributed by atoms with van der Waals surface area (Å²) in [5.41, 5.74) is 2.93. The number of rotatable bonds is 10. The number of hydrogen-bond donors (Lipinski definition) is 1. The van der Waals surface area contributed by atoms with Crippen LogP contribution in [-0.4, -0.2) is 55.5 Å². The van der Waals surface area contributed by atoms with E-state index >= 15 is 0 Å². The largest absolute Gasteiger partial charge is 0.507 e. The third kappa shape index (κ3) is 6.16. The average molecular weight is 387 g/mol. The molecule has 152 valence electrons. The first-order valence-electron chi connectivity index (χ1n) is 9.74. The number of phenols is 1. The molecule has 1 N–H and O–H groups in total. The number of benzene rings is 2. The van der Waals surface area contributed by atoms with Gasteiger partial charge in [-0.3, -0.25) is 4.79 Å². The van der Waals surface area contributed by atoms with Crippen molar-refractivity contribution in [3.8, 4) is 5.75 Å². The average Bonchev–Trinajstić information content (AvgIpc) is 2.61. The number of likely N-dealkylation sites (N-methyl/N-ethyl adjacent to an activating group) is 1. The van der Waals surface area contributed by atoms with E-state index < -0.39 is 0 Å². The lowest BCUT2D eigenvalue weighted by atomic mass is 10.00. The van der Waals surface area contributed by atoms with Crippen molar-refractivity contribution in [3.63, 3.8) is 0 Å². The molecule has 0 saturated heterocycles. The van der Waals surface area contributed by atoms with Crippen LogP contribution in [0.3, 0.4) is 0 Å². The van der Waals surface area contributed by atoms with E-state index in [1.807, 2.05) is 51.1 Å². The van der Waals surface area contributed by atoms with Gasteiger partial charge < -0.3 is 19.1 Å². The van der Waals surface area contributed by atoms with Gasteiger partial charge in [0.1, 0.15) is 18.8 Å². The maximum Gasteiger partial charge on any atom is 0.207 e. The molecule has 0 saturated carbocycles. The normalized spacial score (nSPS) is 11.8. The van der Waals surface area contributed by atoms with Crippen molar-refractivity contribution in [2.45, 2.75) is 33.6 Å². The highest BCUT2D eigenvalue weighted by atomic mass is 16.7. The van der Waals surface area contributed by atoms with E-state index in [-0.39, 0.29) is 17.8 Å². The first-order valence-corrected chi connectivity index (χ1v) is 9.74. The van der Waals surface area contributed by atoms with Gasteiger partial charge in [0.25, 0.3) is 0 Å². The molecule has 2 aromatic carbocycles. The molecule has 0 unspecified atom stereocenters. The Morgan fingerprint density at radius 1 is 1.04 bits per heavy atom.